The van der Waals surface area contributed by atoms with Gasteiger partial charge >= 0.3 is 6.36 Å². The SMILES string of the molecule is O=C1CCCCC1(Br)c1ccc(OC(F)(F)F)cc1. The molecule has 1 aliphatic rings. The second-order valence-electron chi connectivity index (χ2n) is 4.50. The van der Waals surface area contributed by atoms with Crippen LogP contribution in [0.15, 0.2) is 24.3 Å². The molecule has 1 fully saturated rings. The van der Waals surface area contributed by atoms with Crippen LogP contribution >= 0.6 is 15.9 Å². The Kier molecular flexibility index (Phi) is 3.90. The van der Waals surface area contributed by atoms with Crippen LogP contribution in [-0.4, -0.2) is 12.1 Å². The number of benzene rings is 1. The highest BCUT2D eigenvalue weighted by Gasteiger charge is 2.39. The first-order chi connectivity index (χ1) is 8.81. The molecule has 104 valence electrons. The minimum absolute atomic E-state index is 0.0724. The topological polar surface area (TPSA) is 26.3 Å². The van der Waals surface area contributed by atoms with Gasteiger partial charge in [-0.2, -0.15) is 0 Å². The summed E-state index contributed by atoms with van der Waals surface area (Å²) in [5.41, 5.74) is 0.673. The zero-order valence-electron chi connectivity index (χ0n) is 9.97. The molecule has 0 aliphatic heterocycles. The Morgan fingerprint density at radius 3 is 2.32 bits per heavy atom. The molecule has 0 radical (unpaired) electrons. The van der Waals surface area contributed by atoms with Crippen LogP contribution in [-0.2, 0) is 9.12 Å². The second kappa shape index (κ2) is 5.15. The first kappa shape index (κ1) is 14.4. The van der Waals surface area contributed by atoms with E-state index in [1.54, 1.807) is 0 Å². The quantitative estimate of drug-likeness (QED) is 0.752. The van der Waals surface area contributed by atoms with Crippen LogP contribution in [0, 0.1) is 0 Å². The number of carbonyl (C=O) groups is 1. The third-order valence-electron chi connectivity index (χ3n) is 3.16. The molecule has 19 heavy (non-hydrogen) atoms. The van der Waals surface area contributed by atoms with Crippen LogP contribution in [0.2, 0.25) is 0 Å². The highest BCUT2D eigenvalue weighted by molar-refractivity contribution is 9.10. The molecule has 1 unspecified atom stereocenters. The maximum absolute atomic E-state index is 12.0. The zero-order valence-corrected chi connectivity index (χ0v) is 11.6. The van der Waals surface area contributed by atoms with Crippen LogP contribution in [0.5, 0.6) is 5.75 Å². The molecule has 1 aromatic carbocycles. The third-order valence-corrected chi connectivity index (χ3v) is 4.46. The van der Waals surface area contributed by atoms with Crippen molar-refractivity contribution in [3.63, 3.8) is 0 Å². The van der Waals surface area contributed by atoms with E-state index in [1.165, 1.54) is 24.3 Å². The molecule has 0 aromatic heterocycles. The van der Waals surface area contributed by atoms with E-state index in [4.69, 9.17) is 0 Å². The van der Waals surface area contributed by atoms with Gasteiger partial charge in [0.1, 0.15) is 10.1 Å². The molecule has 0 heterocycles. The summed E-state index contributed by atoms with van der Waals surface area (Å²) < 4.78 is 39.2. The molecule has 0 N–H and O–H groups in total. The standard InChI is InChI=1S/C13H12BrF3O2/c14-12(8-2-1-3-11(12)18)9-4-6-10(7-5-9)19-13(15,16)17/h4-7H,1-3,8H2. The zero-order chi connectivity index (χ0) is 14.1. The Morgan fingerprint density at radius 2 is 1.79 bits per heavy atom. The summed E-state index contributed by atoms with van der Waals surface area (Å²) in [7, 11) is 0. The van der Waals surface area contributed by atoms with Crippen molar-refractivity contribution in [3.05, 3.63) is 29.8 Å². The molecule has 0 saturated heterocycles. The minimum Gasteiger partial charge on any atom is -0.406 e. The van der Waals surface area contributed by atoms with E-state index in [9.17, 15) is 18.0 Å². The lowest BCUT2D eigenvalue weighted by molar-refractivity contribution is -0.274. The number of Topliss-reactive ketones (excluding diaryl/α,β-unsaturated/α-hetero) is 1. The molecule has 2 rings (SSSR count). The predicted molar refractivity (Wildman–Crippen MR) is 67.2 cm³/mol. The van der Waals surface area contributed by atoms with Gasteiger partial charge < -0.3 is 4.74 Å². The maximum Gasteiger partial charge on any atom is 0.573 e. The van der Waals surface area contributed by atoms with Gasteiger partial charge in [0.2, 0.25) is 0 Å². The predicted octanol–water partition coefficient (Wildman–Crippen LogP) is 4.32. The lowest BCUT2D eigenvalue weighted by Gasteiger charge is -2.30. The van der Waals surface area contributed by atoms with Crippen LogP contribution in [0.1, 0.15) is 31.2 Å². The first-order valence-electron chi connectivity index (χ1n) is 5.90. The summed E-state index contributed by atoms with van der Waals surface area (Å²) in [5.74, 6) is -0.209. The number of rotatable bonds is 2. The number of ketones is 1. The average molecular weight is 337 g/mol. The Hall–Kier alpha value is -1.04. The highest BCUT2D eigenvalue weighted by Crippen LogP contribution is 2.42. The first-order valence-corrected chi connectivity index (χ1v) is 6.69. The largest absolute Gasteiger partial charge is 0.573 e. The minimum atomic E-state index is -4.70. The van der Waals surface area contributed by atoms with Gasteiger partial charge in [-0.05, 0) is 30.5 Å². The van der Waals surface area contributed by atoms with E-state index in [2.05, 4.69) is 20.7 Å². The molecule has 1 atom stereocenters. The van der Waals surface area contributed by atoms with Gasteiger partial charge in [0, 0.05) is 6.42 Å². The van der Waals surface area contributed by atoms with E-state index in [1.807, 2.05) is 0 Å². The molecule has 0 bridgehead atoms. The van der Waals surface area contributed by atoms with E-state index in [0.717, 1.165) is 12.8 Å². The lowest BCUT2D eigenvalue weighted by Crippen LogP contribution is -2.32. The molecule has 0 amide bonds. The van der Waals surface area contributed by atoms with Gasteiger partial charge in [-0.25, -0.2) is 0 Å². The number of ether oxygens (including phenoxy) is 1. The van der Waals surface area contributed by atoms with E-state index in [-0.39, 0.29) is 11.5 Å². The van der Waals surface area contributed by atoms with Gasteiger partial charge in [-0.1, -0.05) is 34.5 Å². The third kappa shape index (κ3) is 3.29. The molecule has 1 aliphatic carbocycles. The molecule has 6 heteroatoms. The van der Waals surface area contributed by atoms with E-state index < -0.39 is 10.7 Å². The average Bonchev–Trinajstić information content (AvgIpc) is 2.32. The normalized spacial score (nSPS) is 24.3. The van der Waals surface area contributed by atoms with Crippen molar-refractivity contribution in [1.82, 2.24) is 0 Å². The summed E-state index contributed by atoms with van der Waals surface area (Å²) in [6.45, 7) is 0. The molecule has 0 spiro atoms. The number of halogens is 4. The monoisotopic (exact) mass is 336 g/mol. The van der Waals surface area contributed by atoms with Crippen molar-refractivity contribution < 1.29 is 22.7 Å². The van der Waals surface area contributed by atoms with Crippen molar-refractivity contribution in [2.24, 2.45) is 0 Å². The lowest BCUT2D eigenvalue weighted by atomic mass is 9.83. The molecular weight excluding hydrogens is 325 g/mol. The number of hydrogen-bond donors (Lipinski definition) is 0. The van der Waals surface area contributed by atoms with Crippen LogP contribution in [0.3, 0.4) is 0 Å². The highest BCUT2D eigenvalue weighted by atomic mass is 79.9. The number of alkyl halides is 4. The summed E-state index contributed by atoms with van der Waals surface area (Å²) in [4.78, 5) is 12.0. The Balaban J connectivity index is 2.20. The van der Waals surface area contributed by atoms with Crippen LogP contribution < -0.4 is 4.74 Å². The van der Waals surface area contributed by atoms with Gasteiger partial charge in [-0.3, -0.25) is 4.79 Å². The van der Waals surface area contributed by atoms with Crippen LogP contribution in [0.25, 0.3) is 0 Å². The van der Waals surface area contributed by atoms with Gasteiger partial charge in [0.05, 0.1) is 0 Å². The summed E-state index contributed by atoms with van der Waals surface area (Å²) in [6, 6.07) is 5.46. The Labute approximate surface area is 117 Å². The Morgan fingerprint density at radius 1 is 1.16 bits per heavy atom. The fourth-order valence-electron chi connectivity index (χ4n) is 2.22. The van der Waals surface area contributed by atoms with Gasteiger partial charge in [0.25, 0.3) is 0 Å². The van der Waals surface area contributed by atoms with E-state index >= 15 is 0 Å². The molecule has 1 aromatic rings. The maximum atomic E-state index is 12.0. The van der Waals surface area contributed by atoms with Crippen molar-refractivity contribution in [2.45, 2.75) is 36.4 Å². The Bertz CT molecular complexity index is 470. The van der Waals surface area contributed by atoms with Crippen molar-refractivity contribution in [3.8, 4) is 5.75 Å². The fraction of sp³-hybridized carbons (Fsp3) is 0.462. The molecule has 2 nitrogen and oxygen atoms in total. The van der Waals surface area contributed by atoms with Crippen molar-refractivity contribution in [2.75, 3.05) is 0 Å². The molecular formula is C13H12BrF3O2. The number of hydrogen-bond acceptors (Lipinski definition) is 2. The summed E-state index contributed by atoms with van der Waals surface area (Å²) >= 11 is 3.44. The van der Waals surface area contributed by atoms with Crippen molar-refractivity contribution in [1.29, 1.82) is 0 Å². The second-order valence-corrected chi connectivity index (χ2v) is 5.86. The summed E-state index contributed by atoms with van der Waals surface area (Å²) in [5, 5.41) is 0. The van der Waals surface area contributed by atoms with Gasteiger partial charge in [-0.15, -0.1) is 13.2 Å². The van der Waals surface area contributed by atoms with E-state index in [0.29, 0.717) is 18.4 Å². The number of carbonyl (C=O) groups excluding carboxylic acids is 1. The molecule has 1 saturated carbocycles. The summed E-state index contributed by atoms with van der Waals surface area (Å²) in [6.07, 6.45) is -1.77. The van der Waals surface area contributed by atoms with Crippen molar-refractivity contribution >= 4 is 21.7 Å². The van der Waals surface area contributed by atoms with Gasteiger partial charge in [0.15, 0.2) is 5.78 Å². The fourth-order valence-corrected chi connectivity index (χ4v) is 2.96. The smallest absolute Gasteiger partial charge is 0.406 e. The van der Waals surface area contributed by atoms with Crippen LogP contribution in [0.4, 0.5) is 13.2 Å².